The molecule has 0 aliphatic heterocycles. The van der Waals surface area contributed by atoms with Crippen molar-refractivity contribution in [3.05, 3.63) is 75.9 Å². The van der Waals surface area contributed by atoms with Crippen LogP contribution < -0.4 is 0 Å². The van der Waals surface area contributed by atoms with Crippen molar-refractivity contribution in [3.8, 4) is 0 Å². The van der Waals surface area contributed by atoms with Crippen LogP contribution in [0.2, 0.25) is 0 Å². The Morgan fingerprint density at radius 2 is 1.92 bits per heavy atom. The number of hydrogen-bond donors (Lipinski definition) is 0. The third kappa shape index (κ3) is 2.34. The summed E-state index contributed by atoms with van der Waals surface area (Å²) in [4.78, 5) is 0. The number of benzene rings is 1. The van der Waals surface area contributed by atoms with E-state index in [-0.39, 0.29) is 0 Å². The van der Waals surface area contributed by atoms with Crippen molar-refractivity contribution >= 4 is 5.57 Å². The number of allylic oxidation sites excluding steroid dienone is 7. The molecule has 0 bridgehead atoms. The second kappa shape index (κ2) is 6.16. The Hall–Kier alpha value is -1.82. The van der Waals surface area contributed by atoms with E-state index in [2.05, 4.69) is 64.6 Å². The molecule has 0 N–H and O–H groups in total. The lowest BCUT2D eigenvalue weighted by atomic mass is 9.71. The maximum Gasteiger partial charge on any atom is 0.00610 e. The van der Waals surface area contributed by atoms with Crippen LogP contribution in [-0.2, 0) is 0 Å². The zero-order valence-electron chi connectivity index (χ0n) is 16.2. The van der Waals surface area contributed by atoms with Crippen LogP contribution in [0.15, 0.2) is 64.8 Å². The van der Waals surface area contributed by atoms with Gasteiger partial charge in [-0.2, -0.15) is 0 Å². The summed E-state index contributed by atoms with van der Waals surface area (Å²) in [6.45, 7) is 13.9. The molecule has 3 unspecified atom stereocenters. The summed E-state index contributed by atoms with van der Waals surface area (Å²) in [5.74, 6) is 1.83. The van der Waals surface area contributed by atoms with Gasteiger partial charge in [0.1, 0.15) is 0 Å². The van der Waals surface area contributed by atoms with E-state index in [1.165, 1.54) is 47.1 Å². The molecular formula is C25H30. The summed E-state index contributed by atoms with van der Waals surface area (Å²) in [5.41, 5.74) is 12.0. The summed E-state index contributed by atoms with van der Waals surface area (Å²) in [7, 11) is 0. The highest BCUT2D eigenvalue weighted by atomic mass is 14.4. The summed E-state index contributed by atoms with van der Waals surface area (Å²) in [6.07, 6.45) is 7.46. The second-order valence-electron chi connectivity index (χ2n) is 8.09. The van der Waals surface area contributed by atoms with Gasteiger partial charge >= 0.3 is 0 Å². The minimum atomic E-state index is 0.453. The largest absolute Gasteiger partial charge is 0.0946 e. The van der Waals surface area contributed by atoms with Gasteiger partial charge in [0.05, 0.1) is 0 Å². The van der Waals surface area contributed by atoms with E-state index in [1.54, 1.807) is 16.7 Å². The van der Waals surface area contributed by atoms with Gasteiger partial charge in [-0.15, -0.1) is 0 Å². The molecule has 0 aromatic heterocycles. The van der Waals surface area contributed by atoms with Crippen LogP contribution in [0.3, 0.4) is 0 Å². The first-order valence-corrected chi connectivity index (χ1v) is 9.99. The quantitative estimate of drug-likeness (QED) is 0.537. The predicted octanol–water partition coefficient (Wildman–Crippen LogP) is 7.22. The average Bonchev–Trinajstić information content (AvgIpc) is 3.18. The van der Waals surface area contributed by atoms with Crippen LogP contribution in [0.4, 0.5) is 0 Å². The standard InChI is InChI=1S/C25H30/c1-6-10-19-15(2)16(3)24(18(19)5)25-22-12-8-7-11-20(22)17(4)21-13-9-14-23(21)25/h7-8,10-12,15,17,21H,3,6,9,13-14H2,1-2,4-5H3/b19-10+. The molecule has 1 aromatic rings. The molecule has 3 atom stereocenters. The molecule has 0 nitrogen and oxygen atoms in total. The van der Waals surface area contributed by atoms with Crippen LogP contribution in [0.25, 0.3) is 5.57 Å². The van der Waals surface area contributed by atoms with E-state index in [0.717, 1.165) is 12.3 Å². The lowest BCUT2D eigenvalue weighted by molar-refractivity contribution is 0.519. The van der Waals surface area contributed by atoms with Gasteiger partial charge in [-0.3, -0.25) is 0 Å². The molecule has 1 saturated carbocycles. The van der Waals surface area contributed by atoms with Crippen molar-refractivity contribution in [2.45, 2.75) is 59.3 Å². The predicted molar refractivity (Wildman–Crippen MR) is 108 cm³/mol. The molecule has 0 heteroatoms. The summed E-state index contributed by atoms with van der Waals surface area (Å²) >= 11 is 0. The maximum atomic E-state index is 4.55. The molecule has 1 aromatic carbocycles. The summed E-state index contributed by atoms with van der Waals surface area (Å²) in [6, 6.07) is 9.13. The van der Waals surface area contributed by atoms with E-state index in [1.807, 2.05) is 0 Å². The SMILES string of the molecule is C=C1C(C2=C3CCCC3C(C)c3ccccc32)=C(C)/C(=C/CC)C1C. The van der Waals surface area contributed by atoms with E-state index in [9.17, 15) is 0 Å². The number of fused-ring (bicyclic) bond motifs is 2. The Morgan fingerprint density at radius 3 is 2.68 bits per heavy atom. The summed E-state index contributed by atoms with van der Waals surface area (Å²) in [5, 5.41) is 0. The van der Waals surface area contributed by atoms with Crippen molar-refractivity contribution in [1.82, 2.24) is 0 Å². The van der Waals surface area contributed by atoms with Crippen LogP contribution in [0.5, 0.6) is 0 Å². The van der Waals surface area contributed by atoms with Gasteiger partial charge in [-0.05, 0) is 83.4 Å². The topological polar surface area (TPSA) is 0 Å². The molecule has 0 radical (unpaired) electrons. The Labute approximate surface area is 153 Å². The van der Waals surface area contributed by atoms with Gasteiger partial charge in [0.25, 0.3) is 0 Å². The van der Waals surface area contributed by atoms with Crippen LogP contribution >= 0.6 is 0 Å². The first-order chi connectivity index (χ1) is 12.1. The lowest BCUT2D eigenvalue weighted by Gasteiger charge is -2.33. The third-order valence-corrected chi connectivity index (χ3v) is 6.85. The second-order valence-corrected chi connectivity index (χ2v) is 8.09. The van der Waals surface area contributed by atoms with E-state index >= 15 is 0 Å². The Balaban J connectivity index is 1.99. The number of hydrogen-bond acceptors (Lipinski definition) is 0. The van der Waals surface area contributed by atoms with E-state index in [4.69, 9.17) is 0 Å². The van der Waals surface area contributed by atoms with Gasteiger partial charge in [0.15, 0.2) is 0 Å². The van der Waals surface area contributed by atoms with Gasteiger partial charge in [-0.1, -0.05) is 63.3 Å². The zero-order valence-corrected chi connectivity index (χ0v) is 16.2. The van der Waals surface area contributed by atoms with Crippen molar-refractivity contribution in [2.75, 3.05) is 0 Å². The molecule has 0 saturated heterocycles. The summed E-state index contributed by atoms with van der Waals surface area (Å²) < 4.78 is 0. The van der Waals surface area contributed by atoms with Gasteiger partial charge in [0, 0.05) is 5.92 Å². The molecule has 0 amide bonds. The first-order valence-electron chi connectivity index (χ1n) is 9.99. The minimum Gasteiger partial charge on any atom is -0.0946 e. The lowest BCUT2D eigenvalue weighted by Crippen LogP contribution is -2.18. The Bertz CT molecular complexity index is 827. The Kier molecular flexibility index (Phi) is 4.10. The molecule has 0 heterocycles. The Morgan fingerprint density at radius 1 is 1.16 bits per heavy atom. The minimum absolute atomic E-state index is 0.453. The molecular weight excluding hydrogens is 300 g/mol. The average molecular weight is 331 g/mol. The van der Waals surface area contributed by atoms with Gasteiger partial charge in [-0.25, -0.2) is 0 Å². The van der Waals surface area contributed by atoms with Crippen molar-refractivity contribution in [3.63, 3.8) is 0 Å². The highest BCUT2D eigenvalue weighted by molar-refractivity contribution is 5.92. The maximum absolute atomic E-state index is 4.55. The molecule has 25 heavy (non-hydrogen) atoms. The molecule has 0 spiro atoms. The van der Waals surface area contributed by atoms with Gasteiger partial charge in [0.2, 0.25) is 0 Å². The van der Waals surface area contributed by atoms with Crippen molar-refractivity contribution in [2.24, 2.45) is 11.8 Å². The third-order valence-electron chi connectivity index (χ3n) is 6.85. The van der Waals surface area contributed by atoms with E-state index in [0.29, 0.717) is 11.8 Å². The first kappa shape index (κ1) is 16.6. The van der Waals surface area contributed by atoms with Crippen LogP contribution in [0, 0.1) is 11.8 Å². The fraction of sp³-hybridized carbons (Fsp3) is 0.440. The molecule has 3 aliphatic carbocycles. The monoisotopic (exact) mass is 330 g/mol. The van der Waals surface area contributed by atoms with Crippen LogP contribution in [-0.4, -0.2) is 0 Å². The van der Waals surface area contributed by atoms with E-state index < -0.39 is 0 Å². The fourth-order valence-electron chi connectivity index (χ4n) is 5.55. The highest BCUT2D eigenvalue weighted by Gasteiger charge is 2.39. The van der Waals surface area contributed by atoms with Crippen molar-refractivity contribution in [1.29, 1.82) is 0 Å². The molecule has 130 valence electrons. The van der Waals surface area contributed by atoms with Gasteiger partial charge < -0.3 is 0 Å². The normalized spacial score (nSPS) is 30.3. The molecule has 3 aliphatic rings. The fourth-order valence-corrected chi connectivity index (χ4v) is 5.55. The smallest absolute Gasteiger partial charge is 0.00610 e. The van der Waals surface area contributed by atoms with Crippen LogP contribution in [0.1, 0.15) is 70.4 Å². The highest BCUT2D eigenvalue weighted by Crippen LogP contribution is 2.56. The zero-order chi connectivity index (χ0) is 17.7. The molecule has 4 rings (SSSR count). The van der Waals surface area contributed by atoms with Crippen molar-refractivity contribution < 1.29 is 0 Å². The number of rotatable bonds is 2. The molecule has 1 fully saturated rings.